The predicted molar refractivity (Wildman–Crippen MR) is 64.5 cm³/mol. The molecule has 8 heteroatoms. The van der Waals surface area contributed by atoms with E-state index in [0.717, 1.165) is 0 Å². The van der Waals surface area contributed by atoms with Gasteiger partial charge in [0, 0.05) is 18.1 Å². The molecule has 1 atom stereocenters. The number of sulfonamides is 1. The molecule has 0 radical (unpaired) electrons. The van der Waals surface area contributed by atoms with E-state index in [1.54, 1.807) is 18.6 Å². The zero-order chi connectivity index (χ0) is 14.8. The average Bonchev–Trinajstić information content (AvgIpc) is 2.08. The van der Waals surface area contributed by atoms with Crippen molar-refractivity contribution in [1.82, 2.24) is 10.0 Å². The molecule has 0 bridgehead atoms. The van der Waals surface area contributed by atoms with Gasteiger partial charge in [0.15, 0.2) is 0 Å². The van der Waals surface area contributed by atoms with Crippen molar-refractivity contribution in [2.45, 2.75) is 51.7 Å². The van der Waals surface area contributed by atoms with Crippen LogP contribution in [-0.2, 0) is 10.0 Å². The summed E-state index contributed by atoms with van der Waals surface area (Å²) in [6, 6.07) is -0.809. The van der Waals surface area contributed by atoms with Gasteiger partial charge in [0.05, 0.1) is 0 Å². The molecule has 0 heterocycles. The van der Waals surface area contributed by atoms with Crippen molar-refractivity contribution in [2.24, 2.45) is 5.92 Å². The Labute approximate surface area is 106 Å². The van der Waals surface area contributed by atoms with Crippen LogP contribution >= 0.6 is 0 Å². The van der Waals surface area contributed by atoms with Crippen LogP contribution in [0.5, 0.6) is 0 Å². The Morgan fingerprint density at radius 3 is 1.83 bits per heavy atom. The fourth-order valence-electron chi connectivity index (χ4n) is 1.10. The van der Waals surface area contributed by atoms with Crippen LogP contribution in [0, 0.1) is 5.92 Å². The molecule has 0 amide bonds. The van der Waals surface area contributed by atoms with E-state index in [1.807, 2.05) is 20.8 Å². The van der Waals surface area contributed by atoms with Crippen molar-refractivity contribution < 1.29 is 21.6 Å². The first-order valence-electron chi connectivity index (χ1n) is 5.60. The molecule has 0 aliphatic carbocycles. The first-order chi connectivity index (χ1) is 7.76. The maximum absolute atomic E-state index is 12.3. The maximum atomic E-state index is 12.3. The molecule has 2 N–H and O–H groups in total. The number of halogens is 3. The van der Waals surface area contributed by atoms with Gasteiger partial charge >= 0.3 is 15.5 Å². The summed E-state index contributed by atoms with van der Waals surface area (Å²) in [5.41, 5.74) is -5.57. The first-order valence-corrected chi connectivity index (χ1v) is 7.08. The summed E-state index contributed by atoms with van der Waals surface area (Å²) in [6.07, 6.45) is 0. The number of nitrogens with one attached hydrogen (secondary N) is 2. The minimum absolute atomic E-state index is 0.135. The van der Waals surface area contributed by atoms with E-state index in [-0.39, 0.29) is 18.0 Å². The molecular weight excluding hydrogens is 269 g/mol. The summed E-state index contributed by atoms with van der Waals surface area (Å²) in [6.45, 7) is 9.01. The fraction of sp³-hybridized carbons (Fsp3) is 1.00. The Kier molecular flexibility index (Phi) is 5.64. The Balaban J connectivity index is 4.76. The van der Waals surface area contributed by atoms with E-state index in [2.05, 4.69) is 5.32 Å². The van der Waals surface area contributed by atoms with E-state index in [9.17, 15) is 21.6 Å². The van der Waals surface area contributed by atoms with Gasteiger partial charge in [0.2, 0.25) is 0 Å². The zero-order valence-corrected chi connectivity index (χ0v) is 12.0. The van der Waals surface area contributed by atoms with Crippen molar-refractivity contribution in [3.05, 3.63) is 0 Å². The highest BCUT2D eigenvalue weighted by atomic mass is 32.2. The Morgan fingerprint density at radius 1 is 1.11 bits per heavy atom. The second kappa shape index (κ2) is 5.75. The number of rotatable bonds is 5. The van der Waals surface area contributed by atoms with Crippen LogP contribution in [0.25, 0.3) is 0 Å². The molecule has 0 spiro atoms. The van der Waals surface area contributed by atoms with Gasteiger partial charge in [0.1, 0.15) is 0 Å². The lowest BCUT2D eigenvalue weighted by Crippen LogP contribution is -2.52. The highest BCUT2D eigenvalue weighted by Gasteiger charge is 2.47. The van der Waals surface area contributed by atoms with Crippen molar-refractivity contribution >= 4 is 10.0 Å². The van der Waals surface area contributed by atoms with Crippen LogP contribution < -0.4 is 10.0 Å². The molecule has 0 aliphatic heterocycles. The standard InChI is InChI=1S/C10H21F3N2O2S/c1-7(2)8(6-14-9(3,4)5)15-18(16,17)10(11,12)13/h7-8,14-15H,6H2,1-5H3/t8-/m1/s1. The lowest BCUT2D eigenvalue weighted by atomic mass is 10.0. The Hall–Kier alpha value is -0.340. The lowest BCUT2D eigenvalue weighted by molar-refractivity contribution is -0.0452. The third kappa shape index (κ3) is 6.01. The minimum Gasteiger partial charge on any atom is -0.310 e. The second-order valence-corrected chi connectivity index (χ2v) is 7.25. The quantitative estimate of drug-likeness (QED) is 0.812. The fourth-order valence-corrected chi connectivity index (χ4v) is 1.98. The molecule has 0 aliphatic rings. The number of hydrogen-bond acceptors (Lipinski definition) is 3. The summed E-state index contributed by atoms with van der Waals surface area (Å²) in [5, 5.41) is 2.98. The van der Waals surface area contributed by atoms with Crippen molar-refractivity contribution in [1.29, 1.82) is 0 Å². The molecular formula is C10H21F3N2O2S. The smallest absolute Gasteiger partial charge is 0.310 e. The molecule has 0 fully saturated rings. The lowest BCUT2D eigenvalue weighted by Gasteiger charge is -2.28. The highest BCUT2D eigenvalue weighted by Crippen LogP contribution is 2.22. The van der Waals surface area contributed by atoms with Gasteiger partial charge in [-0.15, -0.1) is 0 Å². The van der Waals surface area contributed by atoms with E-state index >= 15 is 0 Å². The van der Waals surface area contributed by atoms with Gasteiger partial charge < -0.3 is 5.32 Å². The average molecular weight is 290 g/mol. The largest absolute Gasteiger partial charge is 0.511 e. The molecule has 0 aromatic heterocycles. The van der Waals surface area contributed by atoms with E-state index in [1.165, 1.54) is 0 Å². The van der Waals surface area contributed by atoms with Gasteiger partial charge in [-0.25, -0.2) is 13.1 Å². The summed E-state index contributed by atoms with van der Waals surface area (Å²) in [7, 11) is -5.30. The van der Waals surface area contributed by atoms with Gasteiger partial charge in [-0.3, -0.25) is 0 Å². The van der Waals surface area contributed by atoms with E-state index in [4.69, 9.17) is 0 Å². The number of alkyl halides is 3. The van der Waals surface area contributed by atoms with Crippen LogP contribution in [0.4, 0.5) is 13.2 Å². The van der Waals surface area contributed by atoms with Gasteiger partial charge in [0.25, 0.3) is 0 Å². The molecule has 0 unspecified atom stereocenters. The van der Waals surface area contributed by atoms with E-state index in [0.29, 0.717) is 0 Å². The van der Waals surface area contributed by atoms with Gasteiger partial charge in [-0.05, 0) is 26.7 Å². The van der Waals surface area contributed by atoms with Crippen LogP contribution in [0.2, 0.25) is 0 Å². The van der Waals surface area contributed by atoms with Crippen LogP contribution in [-0.4, -0.2) is 32.1 Å². The minimum atomic E-state index is -5.30. The van der Waals surface area contributed by atoms with Crippen molar-refractivity contribution in [3.63, 3.8) is 0 Å². The summed E-state index contributed by atoms with van der Waals surface area (Å²) >= 11 is 0. The zero-order valence-electron chi connectivity index (χ0n) is 11.2. The monoisotopic (exact) mass is 290 g/mol. The molecule has 0 aromatic rings. The first kappa shape index (κ1) is 17.7. The molecule has 0 aromatic carbocycles. The van der Waals surface area contributed by atoms with E-state index < -0.39 is 21.6 Å². The van der Waals surface area contributed by atoms with Crippen LogP contribution in [0.1, 0.15) is 34.6 Å². The molecule has 18 heavy (non-hydrogen) atoms. The highest BCUT2D eigenvalue weighted by molar-refractivity contribution is 7.90. The number of hydrogen-bond donors (Lipinski definition) is 2. The molecule has 0 rings (SSSR count). The van der Waals surface area contributed by atoms with Crippen LogP contribution in [0.15, 0.2) is 0 Å². The van der Waals surface area contributed by atoms with Crippen LogP contribution in [0.3, 0.4) is 0 Å². The normalized spacial score (nSPS) is 16.1. The molecule has 0 saturated carbocycles. The van der Waals surface area contributed by atoms with Crippen molar-refractivity contribution in [2.75, 3.05) is 6.54 Å². The van der Waals surface area contributed by atoms with Gasteiger partial charge in [-0.1, -0.05) is 13.8 Å². The summed E-state index contributed by atoms with van der Waals surface area (Å²) in [5.74, 6) is -0.253. The topological polar surface area (TPSA) is 58.2 Å². The maximum Gasteiger partial charge on any atom is 0.511 e. The molecule has 4 nitrogen and oxygen atoms in total. The van der Waals surface area contributed by atoms with Crippen molar-refractivity contribution in [3.8, 4) is 0 Å². The Bertz CT molecular complexity index is 358. The Morgan fingerprint density at radius 2 is 1.56 bits per heavy atom. The summed E-state index contributed by atoms with van der Waals surface area (Å²) in [4.78, 5) is 0. The third-order valence-electron chi connectivity index (χ3n) is 2.27. The summed E-state index contributed by atoms with van der Waals surface area (Å²) < 4.78 is 60.5. The SMILES string of the molecule is CC(C)[C@@H](CNC(C)(C)C)NS(=O)(=O)C(F)(F)F. The molecule has 110 valence electrons. The second-order valence-electron chi connectivity index (χ2n) is 5.55. The predicted octanol–water partition coefficient (Wildman–Crippen LogP) is 1.84. The molecule has 0 saturated heterocycles. The van der Waals surface area contributed by atoms with Gasteiger partial charge in [-0.2, -0.15) is 13.2 Å². The third-order valence-corrected chi connectivity index (χ3v) is 3.49.